The maximum atomic E-state index is 12.7. The van der Waals surface area contributed by atoms with Gasteiger partial charge in [0.15, 0.2) is 5.11 Å². The van der Waals surface area contributed by atoms with Gasteiger partial charge in [0.05, 0.1) is 0 Å². The summed E-state index contributed by atoms with van der Waals surface area (Å²) in [6, 6.07) is 15.8. The van der Waals surface area contributed by atoms with E-state index in [1.54, 1.807) is 12.2 Å². The molecule has 1 N–H and O–H groups in total. The van der Waals surface area contributed by atoms with Gasteiger partial charge in [0.25, 0.3) is 11.8 Å². The Morgan fingerprint density at radius 3 is 2.50 bits per heavy atom. The molecule has 0 atom stereocenters. The highest BCUT2D eigenvalue weighted by Crippen LogP contribution is 2.26. The van der Waals surface area contributed by atoms with E-state index in [-0.39, 0.29) is 17.2 Å². The van der Waals surface area contributed by atoms with Gasteiger partial charge >= 0.3 is 0 Å². The molecule has 0 saturated carbocycles. The first-order valence-corrected chi connectivity index (χ1v) is 8.58. The Kier molecular flexibility index (Phi) is 5.09. The maximum absolute atomic E-state index is 12.7. The lowest BCUT2D eigenvalue weighted by atomic mass is 9.96. The topological polar surface area (TPSA) is 49.4 Å². The average Bonchev–Trinajstić information content (AvgIpc) is 2.63. The van der Waals surface area contributed by atoms with Gasteiger partial charge in [0, 0.05) is 6.54 Å². The van der Waals surface area contributed by atoms with E-state index >= 15 is 0 Å². The number of thiocarbonyl (C=S) groups is 1. The fourth-order valence-electron chi connectivity index (χ4n) is 2.76. The van der Waals surface area contributed by atoms with Gasteiger partial charge in [-0.05, 0) is 41.9 Å². The summed E-state index contributed by atoms with van der Waals surface area (Å²) in [6.07, 6.45) is 3.18. The highest BCUT2D eigenvalue weighted by molar-refractivity contribution is 7.80. The zero-order valence-corrected chi connectivity index (χ0v) is 15.2. The smallest absolute Gasteiger partial charge is 0.265 e. The lowest BCUT2D eigenvalue weighted by Gasteiger charge is -2.27. The van der Waals surface area contributed by atoms with E-state index in [2.05, 4.69) is 11.9 Å². The molecule has 26 heavy (non-hydrogen) atoms. The summed E-state index contributed by atoms with van der Waals surface area (Å²) >= 11 is 5.08. The van der Waals surface area contributed by atoms with Gasteiger partial charge < -0.3 is 0 Å². The lowest BCUT2D eigenvalue weighted by Crippen LogP contribution is -2.53. The summed E-state index contributed by atoms with van der Waals surface area (Å²) in [5.41, 5.74) is 3.98. The van der Waals surface area contributed by atoms with E-state index in [1.807, 2.05) is 55.5 Å². The molecule has 1 heterocycles. The van der Waals surface area contributed by atoms with Crippen LogP contribution < -0.4 is 5.32 Å². The van der Waals surface area contributed by atoms with Gasteiger partial charge in [-0.25, -0.2) is 0 Å². The Morgan fingerprint density at radius 1 is 1.12 bits per heavy atom. The highest BCUT2D eigenvalue weighted by atomic mass is 32.1. The van der Waals surface area contributed by atoms with Crippen LogP contribution in [0.25, 0.3) is 17.2 Å². The van der Waals surface area contributed by atoms with Crippen molar-refractivity contribution >= 4 is 35.2 Å². The van der Waals surface area contributed by atoms with Crippen LogP contribution in [0.2, 0.25) is 0 Å². The summed E-state index contributed by atoms with van der Waals surface area (Å²) in [5.74, 6) is -0.906. The van der Waals surface area contributed by atoms with Gasteiger partial charge in [-0.3, -0.25) is 19.8 Å². The molecule has 0 radical (unpaired) electrons. The number of hydrogen-bond donors (Lipinski definition) is 1. The van der Waals surface area contributed by atoms with Crippen LogP contribution in [0.1, 0.15) is 11.1 Å². The van der Waals surface area contributed by atoms with Gasteiger partial charge in [0.1, 0.15) is 5.57 Å². The van der Waals surface area contributed by atoms with E-state index in [9.17, 15) is 9.59 Å². The Balaban J connectivity index is 2.05. The van der Waals surface area contributed by atoms with Crippen molar-refractivity contribution in [3.63, 3.8) is 0 Å². The van der Waals surface area contributed by atoms with Crippen molar-refractivity contribution in [2.45, 2.75) is 6.92 Å². The summed E-state index contributed by atoms with van der Waals surface area (Å²) in [5, 5.41) is 2.66. The predicted octanol–water partition coefficient (Wildman–Crippen LogP) is 3.47. The van der Waals surface area contributed by atoms with Crippen molar-refractivity contribution in [3.05, 3.63) is 77.9 Å². The first-order chi connectivity index (χ1) is 12.5. The highest BCUT2D eigenvalue weighted by Gasteiger charge is 2.32. The first kappa shape index (κ1) is 17.8. The monoisotopic (exact) mass is 362 g/mol. The molecule has 0 spiro atoms. The number of carbonyl (C=O) groups is 2. The molecule has 2 amide bonds. The molecule has 5 heteroatoms. The zero-order chi connectivity index (χ0) is 18.7. The van der Waals surface area contributed by atoms with Crippen LogP contribution in [0.15, 0.2) is 66.8 Å². The number of rotatable bonds is 4. The molecule has 0 unspecified atom stereocenters. The predicted molar refractivity (Wildman–Crippen MR) is 107 cm³/mol. The number of amides is 2. The van der Waals surface area contributed by atoms with E-state index in [1.165, 1.54) is 10.5 Å². The van der Waals surface area contributed by atoms with Crippen molar-refractivity contribution in [1.29, 1.82) is 0 Å². The zero-order valence-electron chi connectivity index (χ0n) is 14.4. The van der Waals surface area contributed by atoms with E-state index in [0.717, 1.165) is 16.7 Å². The fourth-order valence-corrected chi connectivity index (χ4v) is 3.01. The van der Waals surface area contributed by atoms with Crippen LogP contribution in [-0.4, -0.2) is 28.4 Å². The summed E-state index contributed by atoms with van der Waals surface area (Å²) < 4.78 is 0. The maximum Gasteiger partial charge on any atom is 0.265 e. The number of benzene rings is 2. The molecule has 2 aromatic rings. The molecule has 0 aromatic heterocycles. The van der Waals surface area contributed by atoms with Crippen molar-refractivity contribution < 1.29 is 9.59 Å². The van der Waals surface area contributed by atoms with Crippen LogP contribution in [0.5, 0.6) is 0 Å². The van der Waals surface area contributed by atoms with E-state index < -0.39 is 11.8 Å². The Labute approximate surface area is 157 Å². The number of nitrogens with zero attached hydrogens (tertiary/aromatic N) is 1. The van der Waals surface area contributed by atoms with E-state index in [4.69, 9.17) is 12.2 Å². The van der Waals surface area contributed by atoms with Crippen LogP contribution >= 0.6 is 12.2 Å². The molecule has 1 aliphatic rings. The Hall–Kier alpha value is -3.05. The third-order valence-electron chi connectivity index (χ3n) is 4.12. The van der Waals surface area contributed by atoms with Crippen LogP contribution in [0, 0.1) is 6.92 Å². The third kappa shape index (κ3) is 3.48. The van der Waals surface area contributed by atoms with Crippen molar-refractivity contribution in [3.8, 4) is 11.1 Å². The first-order valence-electron chi connectivity index (χ1n) is 8.17. The van der Waals surface area contributed by atoms with Crippen LogP contribution in [-0.2, 0) is 9.59 Å². The molecule has 130 valence electrons. The standard InChI is InChI=1S/C21H18N2O2S/c1-3-12-23-20(25)18(19(24)22-21(23)26)13-16-6-4-5-7-17(16)15-10-8-14(2)9-11-15/h3-11,13H,1,12H2,2H3,(H,22,24,26)/b18-13+. The van der Waals surface area contributed by atoms with Crippen molar-refractivity contribution in [1.82, 2.24) is 10.2 Å². The minimum Gasteiger partial charge on any atom is -0.298 e. The summed E-state index contributed by atoms with van der Waals surface area (Å²) in [7, 11) is 0. The second kappa shape index (κ2) is 7.45. The number of carbonyl (C=O) groups excluding carboxylic acids is 2. The van der Waals surface area contributed by atoms with Gasteiger partial charge in [-0.1, -0.05) is 60.2 Å². The number of aryl methyl sites for hydroxylation is 1. The largest absolute Gasteiger partial charge is 0.298 e. The van der Waals surface area contributed by atoms with E-state index in [0.29, 0.717) is 0 Å². The molecule has 2 aromatic carbocycles. The number of hydrogen-bond acceptors (Lipinski definition) is 3. The summed E-state index contributed by atoms with van der Waals surface area (Å²) in [6.45, 7) is 5.90. The molecule has 0 aliphatic carbocycles. The Bertz CT molecular complexity index is 929. The lowest BCUT2D eigenvalue weighted by molar-refractivity contribution is -0.128. The molecular formula is C21H18N2O2S. The molecule has 1 saturated heterocycles. The second-order valence-corrected chi connectivity index (χ2v) is 6.36. The van der Waals surface area contributed by atoms with Gasteiger partial charge in [-0.15, -0.1) is 6.58 Å². The minimum atomic E-state index is -0.487. The minimum absolute atomic E-state index is 0.0556. The Morgan fingerprint density at radius 2 is 1.81 bits per heavy atom. The molecule has 1 aliphatic heterocycles. The van der Waals surface area contributed by atoms with Crippen molar-refractivity contribution in [2.75, 3.05) is 6.54 Å². The number of nitrogens with one attached hydrogen (secondary N) is 1. The normalized spacial score (nSPS) is 16.0. The summed E-state index contributed by atoms with van der Waals surface area (Å²) in [4.78, 5) is 26.3. The van der Waals surface area contributed by atoms with Gasteiger partial charge in [0.2, 0.25) is 0 Å². The molecule has 1 fully saturated rings. The second-order valence-electron chi connectivity index (χ2n) is 5.97. The van der Waals surface area contributed by atoms with Crippen LogP contribution in [0.3, 0.4) is 0 Å². The van der Waals surface area contributed by atoms with Crippen molar-refractivity contribution in [2.24, 2.45) is 0 Å². The average molecular weight is 362 g/mol. The molecule has 4 nitrogen and oxygen atoms in total. The quantitative estimate of drug-likeness (QED) is 0.392. The fraction of sp³-hybridized carbons (Fsp3) is 0.0952. The SMILES string of the molecule is C=CCN1C(=O)/C(=C/c2ccccc2-c2ccc(C)cc2)C(=O)NC1=S. The molecular weight excluding hydrogens is 344 g/mol. The molecule has 3 rings (SSSR count). The third-order valence-corrected chi connectivity index (χ3v) is 4.44. The van der Waals surface area contributed by atoms with Crippen LogP contribution in [0.4, 0.5) is 0 Å². The molecule has 0 bridgehead atoms. The van der Waals surface area contributed by atoms with Gasteiger partial charge in [-0.2, -0.15) is 0 Å².